The van der Waals surface area contributed by atoms with E-state index in [9.17, 15) is 9.59 Å². The fourth-order valence-corrected chi connectivity index (χ4v) is 2.84. The maximum Gasteiger partial charge on any atom is 0.266 e. The Morgan fingerprint density at radius 3 is 2.69 bits per heavy atom. The van der Waals surface area contributed by atoms with Gasteiger partial charge in [0, 0.05) is 24.6 Å². The minimum Gasteiger partial charge on any atom is -0.493 e. The van der Waals surface area contributed by atoms with Crippen molar-refractivity contribution in [2.75, 3.05) is 14.2 Å². The standard InChI is InChI=1S/C21H23N3O5/c1-27-18-9-7-15(13-19(18)28-2)17-8-10-21(26)24(23-17)11-3-6-20(25)22-14-16-5-4-12-29-16/h4-5,7-10,12-13H,3,6,11,14H2,1-2H3,(H,22,25). The van der Waals surface area contributed by atoms with Crippen molar-refractivity contribution in [3.05, 3.63) is 64.8 Å². The van der Waals surface area contributed by atoms with E-state index in [0.29, 0.717) is 42.5 Å². The lowest BCUT2D eigenvalue weighted by atomic mass is 10.1. The third kappa shape index (κ3) is 5.25. The van der Waals surface area contributed by atoms with Crippen LogP contribution in [-0.2, 0) is 17.9 Å². The maximum atomic E-state index is 12.1. The summed E-state index contributed by atoms with van der Waals surface area (Å²) in [6.45, 7) is 0.687. The van der Waals surface area contributed by atoms with Crippen LogP contribution < -0.4 is 20.3 Å². The molecular weight excluding hydrogens is 374 g/mol. The van der Waals surface area contributed by atoms with Crippen molar-refractivity contribution in [2.45, 2.75) is 25.9 Å². The van der Waals surface area contributed by atoms with Gasteiger partial charge in [-0.2, -0.15) is 5.10 Å². The van der Waals surface area contributed by atoms with Gasteiger partial charge in [-0.25, -0.2) is 4.68 Å². The number of methoxy groups -OCH3 is 2. The Morgan fingerprint density at radius 2 is 1.97 bits per heavy atom. The van der Waals surface area contributed by atoms with E-state index in [1.807, 2.05) is 6.07 Å². The second-order valence-electron chi connectivity index (χ2n) is 6.31. The van der Waals surface area contributed by atoms with Crippen LogP contribution in [0.1, 0.15) is 18.6 Å². The van der Waals surface area contributed by atoms with E-state index in [-0.39, 0.29) is 17.9 Å². The SMILES string of the molecule is COc1ccc(-c2ccc(=O)n(CCCC(=O)NCc3ccco3)n2)cc1OC. The van der Waals surface area contributed by atoms with Gasteiger partial charge in [-0.3, -0.25) is 9.59 Å². The zero-order valence-corrected chi connectivity index (χ0v) is 16.4. The highest BCUT2D eigenvalue weighted by Gasteiger charge is 2.09. The summed E-state index contributed by atoms with van der Waals surface area (Å²) in [7, 11) is 3.13. The summed E-state index contributed by atoms with van der Waals surface area (Å²) in [5.41, 5.74) is 1.21. The van der Waals surface area contributed by atoms with Gasteiger partial charge in [0.05, 0.1) is 32.7 Å². The molecule has 1 N–H and O–H groups in total. The molecule has 2 heterocycles. The molecule has 0 bridgehead atoms. The Kier molecular flexibility index (Phi) is 6.67. The first-order valence-electron chi connectivity index (χ1n) is 9.20. The van der Waals surface area contributed by atoms with Gasteiger partial charge in [0.15, 0.2) is 11.5 Å². The lowest BCUT2D eigenvalue weighted by molar-refractivity contribution is -0.121. The number of hydrogen-bond donors (Lipinski definition) is 1. The van der Waals surface area contributed by atoms with Crippen molar-refractivity contribution in [3.63, 3.8) is 0 Å². The summed E-state index contributed by atoms with van der Waals surface area (Å²) in [6, 6.07) is 12.1. The van der Waals surface area contributed by atoms with Gasteiger partial charge in [-0.05, 0) is 42.8 Å². The number of benzene rings is 1. The van der Waals surface area contributed by atoms with Gasteiger partial charge < -0.3 is 19.2 Å². The van der Waals surface area contributed by atoms with Crippen molar-refractivity contribution >= 4 is 5.91 Å². The smallest absolute Gasteiger partial charge is 0.266 e. The topological polar surface area (TPSA) is 95.6 Å². The molecule has 0 radical (unpaired) electrons. The fourth-order valence-electron chi connectivity index (χ4n) is 2.84. The Morgan fingerprint density at radius 1 is 1.14 bits per heavy atom. The fraction of sp³-hybridized carbons (Fsp3) is 0.286. The summed E-state index contributed by atoms with van der Waals surface area (Å²) in [4.78, 5) is 24.1. The van der Waals surface area contributed by atoms with Crippen LogP contribution in [0.15, 0.2) is 57.9 Å². The van der Waals surface area contributed by atoms with Crippen molar-refractivity contribution < 1.29 is 18.7 Å². The van der Waals surface area contributed by atoms with Gasteiger partial charge in [0.2, 0.25) is 5.91 Å². The predicted octanol–water partition coefficient (Wildman–Crippen LogP) is 2.62. The summed E-state index contributed by atoms with van der Waals surface area (Å²) < 4.78 is 17.1. The lowest BCUT2D eigenvalue weighted by Gasteiger charge is -2.11. The number of amides is 1. The van der Waals surface area contributed by atoms with Gasteiger partial charge in [-0.1, -0.05) is 0 Å². The summed E-state index contributed by atoms with van der Waals surface area (Å²) in [6.07, 6.45) is 2.34. The molecule has 29 heavy (non-hydrogen) atoms. The molecule has 0 aliphatic carbocycles. The molecule has 0 atom stereocenters. The number of aromatic nitrogens is 2. The molecular formula is C21H23N3O5. The highest BCUT2D eigenvalue weighted by molar-refractivity contribution is 5.75. The first-order chi connectivity index (χ1) is 14.1. The van der Waals surface area contributed by atoms with E-state index >= 15 is 0 Å². The summed E-state index contributed by atoms with van der Waals surface area (Å²) in [5, 5.41) is 7.20. The molecule has 8 heteroatoms. The molecule has 0 spiro atoms. The number of furan rings is 1. The van der Waals surface area contributed by atoms with Crippen LogP contribution in [0, 0.1) is 0 Å². The number of carbonyl (C=O) groups is 1. The quantitative estimate of drug-likeness (QED) is 0.596. The zero-order valence-electron chi connectivity index (χ0n) is 16.4. The molecule has 0 unspecified atom stereocenters. The zero-order chi connectivity index (χ0) is 20.6. The lowest BCUT2D eigenvalue weighted by Crippen LogP contribution is -2.25. The molecule has 0 fully saturated rings. The van der Waals surface area contributed by atoms with Crippen molar-refractivity contribution in [3.8, 4) is 22.8 Å². The second kappa shape index (κ2) is 9.59. The number of nitrogens with one attached hydrogen (secondary N) is 1. The molecule has 1 amide bonds. The Hall–Kier alpha value is -3.55. The number of carbonyl (C=O) groups excluding carboxylic acids is 1. The van der Waals surface area contributed by atoms with Crippen LogP contribution in [0.4, 0.5) is 0 Å². The third-order valence-corrected chi connectivity index (χ3v) is 4.36. The highest BCUT2D eigenvalue weighted by Crippen LogP contribution is 2.31. The molecule has 0 saturated heterocycles. The van der Waals surface area contributed by atoms with Crippen LogP contribution in [0.25, 0.3) is 11.3 Å². The first kappa shape index (κ1) is 20.2. The Balaban J connectivity index is 1.62. The van der Waals surface area contributed by atoms with Crippen molar-refractivity contribution in [1.29, 1.82) is 0 Å². The van der Waals surface area contributed by atoms with E-state index in [4.69, 9.17) is 13.9 Å². The predicted molar refractivity (Wildman–Crippen MR) is 107 cm³/mol. The van der Waals surface area contributed by atoms with E-state index in [1.54, 1.807) is 50.8 Å². The van der Waals surface area contributed by atoms with Crippen molar-refractivity contribution in [2.24, 2.45) is 0 Å². The summed E-state index contributed by atoms with van der Waals surface area (Å²) in [5.74, 6) is 1.78. The van der Waals surface area contributed by atoms with Crippen LogP contribution in [0.5, 0.6) is 11.5 Å². The van der Waals surface area contributed by atoms with Crippen LogP contribution >= 0.6 is 0 Å². The number of rotatable bonds is 9. The molecule has 0 saturated carbocycles. The van der Waals surface area contributed by atoms with Crippen LogP contribution in [0.3, 0.4) is 0 Å². The maximum absolute atomic E-state index is 12.1. The number of nitrogens with zero attached hydrogens (tertiary/aromatic N) is 2. The minimum absolute atomic E-state index is 0.106. The molecule has 152 valence electrons. The number of hydrogen-bond acceptors (Lipinski definition) is 6. The minimum atomic E-state index is -0.217. The molecule has 2 aromatic heterocycles. The highest BCUT2D eigenvalue weighted by atomic mass is 16.5. The average Bonchev–Trinajstić information content (AvgIpc) is 3.27. The second-order valence-corrected chi connectivity index (χ2v) is 6.31. The molecule has 1 aromatic carbocycles. The van der Waals surface area contributed by atoms with Gasteiger partial charge in [-0.15, -0.1) is 0 Å². The summed E-state index contributed by atoms with van der Waals surface area (Å²) >= 11 is 0. The molecule has 0 aliphatic heterocycles. The monoisotopic (exact) mass is 397 g/mol. The Labute approximate surface area is 168 Å². The van der Waals surface area contributed by atoms with Crippen LogP contribution in [0.2, 0.25) is 0 Å². The number of aryl methyl sites for hydroxylation is 1. The normalized spacial score (nSPS) is 10.6. The van der Waals surface area contributed by atoms with E-state index in [0.717, 1.165) is 5.56 Å². The molecule has 8 nitrogen and oxygen atoms in total. The van der Waals surface area contributed by atoms with Crippen molar-refractivity contribution in [1.82, 2.24) is 15.1 Å². The molecule has 3 aromatic rings. The first-order valence-corrected chi connectivity index (χ1v) is 9.20. The Bertz CT molecular complexity index is 1010. The van der Waals surface area contributed by atoms with Gasteiger partial charge >= 0.3 is 0 Å². The molecule has 3 rings (SSSR count). The van der Waals surface area contributed by atoms with Gasteiger partial charge in [0.1, 0.15) is 5.76 Å². The van der Waals surface area contributed by atoms with E-state index < -0.39 is 0 Å². The number of ether oxygens (including phenoxy) is 2. The van der Waals surface area contributed by atoms with Crippen LogP contribution in [-0.4, -0.2) is 29.9 Å². The molecule has 0 aliphatic rings. The third-order valence-electron chi connectivity index (χ3n) is 4.36. The van der Waals surface area contributed by atoms with Gasteiger partial charge in [0.25, 0.3) is 5.56 Å². The van der Waals surface area contributed by atoms with E-state index in [2.05, 4.69) is 10.4 Å². The average molecular weight is 397 g/mol. The van der Waals surface area contributed by atoms with E-state index in [1.165, 1.54) is 10.7 Å². The largest absolute Gasteiger partial charge is 0.493 e.